The molecule has 0 aromatic carbocycles. The predicted octanol–water partition coefficient (Wildman–Crippen LogP) is 2.82. The highest BCUT2D eigenvalue weighted by atomic mass is 32.1. The zero-order valence-electron chi connectivity index (χ0n) is 8.61. The fraction of sp³-hybridized carbons (Fsp3) is 0.182. The minimum atomic E-state index is 0.499. The van der Waals surface area contributed by atoms with Gasteiger partial charge in [0, 0.05) is 24.2 Å². The normalized spacial score (nSPS) is 10.3. The Morgan fingerprint density at radius 3 is 2.73 bits per heavy atom. The number of pyridine rings is 1. The summed E-state index contributed by atoms with van der Waals surface area (Å²) >= 11 is 5.02. The lowest BCUT2D eigenvalue weighted by molar-refractivity contribution is 1.10. The molecule has 3 nitrogen and oxygen atoms in total. The van der Waals surface area contributed by atoms with E-state index in [-0.39, 0.29) is 0 Å². The molecule has 2 aromatic rings. The number of aromatic nitrogens is 3. The Balaban J connectivity index is 2.69. The fourth-order valence-electron chi connectivity index (χ4n) is 1.46. The molecule has 0 saturated carbocycles. The highest BCUT2D eigenvalue weighted by molar-refractivity contribution is 7.71. The summed E-state index contributed by atoms with van der Waals surface area (Å²) in [6.45, 7) is 4.05. The van der Waals surface area contributed by atoms with E-state index in [1.165, 1.54) is 5.56 Å². The Kier molecular flexibility index (Phi) is 2.60. The Labute approximate surface area is 93.2 Å². The van der Waals surface area contributed by atoms with Crippen molar-refractivity contribution in [3.63, 3.8) is 0 Å². The molecular weight excluding hydrogens is 206 g/mol. The van der Waals surface area contributed by atoms with Crippen molar-refractivity contribution < 1.29 is 0 Å². The lowest BCUT2D eigenvalue weighted by Gasteiger charge is -2.07. The molecule has 2 heterocycles. The van der Waals surface area contributed by atoms with Crippen LogP contribution in [0.5, 0.6) is 0 Å². The van der Waals surface area contributed by atoms with Crippen molar-refractivity contribution in [1.82, 2.24) is 15.0 Å². The molecule has 1 N–H and O–H groups in total. The summed E-state index contributed by atoms with van der Waals surface area (Å²) in [5.74, 6) is 0. The zero-order chi connectivity index (χ0) is 10.8. The molecule has 2 aromatic heterocycles. The molecule has 2 rings (SSSR count). The SMILES string of the molecule is Cc1ccncc1-c1[nH]c(=S)ncc1C. The van der Waals surface area contributed by atoms with Crippen LogP contribution in [0.25, 0.3) is 11.3 Å². The fourth-order valence-corrected chi connectivity index (χ4v) is 1.62. The molecule has 0 aliphatic carbocycles. The second-order valence-electron chi connectivity index (χ2n) is 3.44. The predicted molar refractivity (Wildman–Crippen MR) is 62.1 cm³/mol. The number of aryl methyl sites for hydroxylation is 2. The number of nitrogens with one attached hydrogen (secondary N) is 1. The first-order valence-corrected chi connectivity index (χ1v) is 5.06. The van der Waals surface area contributed by atoms with Crippen molar-refractivity contribution in [2.24, 2.45) is 0 Å². The third kappa shape index (κ3) is 1.94. The van der Waals surface area contributed by atoms with Gasteiger partial charge in [0.1, 0.15) is 0 Å². The van der Waals surface area contributed by atoms with E-state index in [1.807, 2.05) is 26.1 Å². The Morgan fingerprint density at radius 1 is 1.20 bits per heavy atom. The van der Waals surface area contributed by atoms with Crippen LogP contribution in [0.2, 0.25) is 0 Å². The van der Waals surface area contributed by atoms with Crippen LogP contribution >= 0.6 is 12.2 Å². The van der Waals surface area contributed by atoms with Gasteiger partial charge in [-0.2, -0.15) is 0 Å². The second kappa shape index (κ2) is 3.90. The number of hydrogen-bond donors (Lipinski definition) is 1. The Hall–Kier alpha value is -1.55. The Bertz CT molecular complexity index is 546. The van der Waals surface area contributed by atoms with Crippen LogP contribution in [0.3, 0.4) is 0 Å². The third-order valence-corrected chi connectivity index (χ3v) is 2.52. The lowest BCUT2D eigenvalue weighted by atomic mass is 10.1. The monoisotopic (exact) mass is 217 g/mol. The maximum absolute atomic E-state index is 5.02. The molecule has 0 bridgehead atoms. The number of aromatic amines is 1. The van der Waals surface area contributed by atoms with Crippen LogP contribution in [0.1, 0.15) is 11.1 Å². The van der Waals surface area contributed by atoms with Crippen LogP contribution in [-0.2, 0) is 0 Å². The van der Waals surface area contributed by atoms with Gasteiger partial charge in [-0.3, -0.25) is 4.98 Å². The van der Waals surface area contributed by atoms with Crippen LogP contribution in [0, 0.1) is 18.6 Å². The number of hydrogen-bond acceptors (Lipinski definition) is 3. The van der Waals surface area contributed by atoms with Crippen molar-refractivity contribution in [2.45, 2.75) is 13.8 Å². The number of H-pyrrole nitrogens is 1. The summed E-state index contributed by atoms with van der Waals surface area (Å²) in [7, 11) is 0. The standard InChI is InChI=1S/C11H11N3S/c1-7-3-4-12-6-9(7)10-8(2)5-13-11(15)14-10/h3-6H,1-2H3,(H,13,14,15). The molecule has 4 heteroatoms. The van der Waals surface area contributed by atoms with Crippen molar-refractivity contribution >= 4 is 12.2 Å². The summed E-state index contributed by atoms with van der Waals surface area (Å²) in [4.78, 5) is 11.2. The molecule has 0 fully saturated rings. The molecule has 0 aliphatic rings. The average Bonchev–Trinajstić information content (AvgIpc) is 2.23. The quantitative estimate of drug-likeness (QED) is 0.747. The average molecular weight is 217 g/mol. The molecule has 76 valence electrons. The molecule has 0 saturated heterocycles. The van der Waals surface area contributed by atoms with E-state index in [0.29, 0.717) is 4.77 Å². The zero-order valence-corrected chi connectivity index (χ0v) is 9.43. The first-order valence-electron chi connectivity index (χ1n) is 4.65. The lowest BCUT2D eigenvalue weighted by Crippen LogP contribution is -1.94. The van der Waals surface area contributed by atoms with Crippen LogP contribution in [0.15, 0.2) is 24.7 Å². The first-order chi connectivity index (χ1) is 7.18. The maximum atomic E-state index is 5.02. The van der Waals surface area contributed by atoms with E-state index in [2.05, 4.69) is 15.0 Å². The highest BCUT2D eigenvalue weighted by Crippen LogP contribution is 2.22. The van der Waals surface area contributed by atoms with Gasteiger partial charge in [0.25, 0.3) is 0 Å². The van der Waals surface area contributed by atoms with Gasteiger partial charge >= 0.3 is 0 Å². The van der Waals surface area contributed by atoms with Crippen molar-refractivity contribution in [3.05, 3.63) is 40.6 Å². The van der Waals surface area contributed by atoms with Gasteiger partial charge in [-0.1, -0.05) is 0 Å². The summed E-state index contributed by atoms with van der Waals surface area (Å²) in [5, 5.41) is 0. The van der Waals surface area contributed by atoms with Gasteiger partial charge in [0.15, 0.2) is 4.77 Å². The topological polar surface area (TPSA) is 41.6 Å². The van der Waals surface area contributed by atoms with E-state index < -0.39 is 0 Å². The molecular formula is C11H11N3S. The van der Waals surface area contributed by atoms with Gasteiger partial charge in [-0.15, -0.1) is 0 Å². The highest BCUT2D eigenvalue weighted by Gasteiger charge is 2.05. The molecule has 15 heavy (non-hydrogen) atoms. The largest absolute Gasteiger partial charge is 0.330 e. The molecule has 0 unspecified atom stereocenters. The summed E-state index contributed by atoms with van der Waals surface area (Å²) in [6, 6.07) is 1.98. The maximum Gasteiger partial charge on any atom is 0.197 e. The van der Waals surface area contributed by atoms with Gasteiger partial charge in [-0.25, -0.2) is 4.98 Å². The molecule has 0 aliphatic heterocycles. The Morgan fingerprint density at radius 2 is 2.00 bits per heavy atom. The first kappa shape index (κ1) is 9.98. The van der Waals surface area contributed by atoms with E-state index in [9.17, 15) is 0 Å². The number of rotatable bonds is 1. The van der Waals surface area contributed by atoms with Crippen molar-refractivity contribution in [2.75, 3.05) is 0 Å². The van der Waals surface area contributed by atoms with E-state index in [4.69, 9.17) is 12.2 Å². The summed E-state index contributed by atoms with van der Waals surface area (Å²) < 4.78 is 0.499. The third-order valence-electron chi connectivity index (χ3n) is 2.31. The number of nitrogens with zero attached hydrogens (tertiary/aromatic N) is 2. The van der Waals surface area contributed by atoms with E-state index in [1.54, 1.807) is 12.4 Å². The smallest absolute Gasteiger partial charge is 0.197 e. The molecule has 0 amide bonds. The molecule has 0 atom stereocenters. The van der Waals surface area contributed by atoms with E-state index >= 15 is 0 Å². The van der Waals surface area contributed by atoms with E-state index in [0.717, 1.165) is 16.8 Å². The molecule has 0 spiro atoms. The van der Waals surface area contributed by atoms with Crippen LogP contribution in [-0.4, -0.2) is 15.0 Å². The summed E-state index contributed by atoms with van der Waals surface area (Å²) in [5.41, 5.74) is 4.31. The van der Waals surface area contributed by atoms with Gasteiger partial charge in [-0.05, 0) is 43.3 Å². The van der Waals surface area contributed by atoms with Gasteiger partial charge in [0.2, 0.25) is 0 Å². The minimum Gasteiger partial charge on any atom is -0.330 e. The van der Waals surface area contributed by atoms with Crippen molar-refractivity contribution in [1.29, 1.82) is 0 Å². The van der Waals surface area contributed by atoms with Crippen LogP contribution < -0.4 is 0 Å². The van der Waals surface area contributed by atoms with Crippen molar-refractivity contribution in [3.8, 4) is 11.3 Å². The molecule has 0 radical (unpaired) electrons. The van der Waals surface area contributed by atoms with Gasteiger partial charge in [0.05, 0.1) is 5.69 Å². The minimum absolute atomic E-state index is 0.499. The second-order valence-corrected chi connectivity index (χ2v) is 3.82. The summed E-state index contributed by atoms with van der Waals surface area (Å²) in [6.07, 6.45) is 5.40. The van der Waals surface area contributed by atoms with Gasteiger partial charge < -0.3 is 4.98 Å². The van der Waals surface area contributed by atoms with Crippen LogP contribution in [0.4, 0.5) is 0 Å².